The van der Waals surface area contributed by atoms with E-state index in [0.29, 0.717) is 29.3 Å². The van der Waals surface area contributed by atoms with Crippen molar-refractivity contribution in [2.75, 3.05) is 13.7 Å². The Labute approximate surface area is 214 Å². The van der Waals surface area contributed by atoms with Crippen molar-refractivity contribution in [2.24, 2.45) is 0 Å². The van der Waals surface area contributed by atoms with Gasteiger partial charge in [0.1, 0.15) is 30.1 Å². The number of ether oxygens (including phenoxy) is 3. The first kappa shape index (κ1) is 29.9. The van der Waals surface area contributed by atoms with E-state index in [1.165, 1.54) is 0 Å². The largest absolute Gasteiger partial charge is 0.497 e. The summed E-state index contributed by atoms with van der Waals surface area (Å²) in [5, 5.41) is 2.18. The van der Waals surface area contributed by atoms with E-state index in [2.05, 4.69) is 25.8 Å². The Morgan fingerprint density at radius 1 is 0.861 bits per heavy atom. The lowest BCUT2D eigenvalue weighted by Gasteiger charge is -2.14. The summed E-state index contributed by atoms with van der Waals surface area (Å²) in [6, 6.07) is 17.5. The summed E-state index contributed by atoms with van der Waals surface area (Å²) >= 11 is 0. The summed E-state index contributed by atoms with van der Waals surface area (Å²) < 4.78 is 16.6. The zero-order valence-corrected chi connectivity index (χ0v) is 22.1. The quantitative estimate of drug-likeness (QED) is 0.107. The van der Waals surface area contributed by atoms with Gasteiger partial charge in [0.15, 0.2) is 0 Å². The predicted molar refractivity (Wildman–Crippen MR) is 149 cm³/mol. The first-order chi connectivity index (χ1) is 17.1. The standard InChI is InChI=1S/C25H24O4.C4H6O.C2H6/c1-16(2)15-28-24-14-22(29-25(26)17(3)4)10-11-23(24)20-7-6-19-13-21(27-5)9-8-18(19)12-20;1-4(2)3-5;1-2/h6-14H,1,3,15H2,2,4-5H3;3H,1H2,2H3;1-2H3. The maximum Gasteiger partial charge on any atom is 0.338 e. The van der Waals surface area contributed by atoms with Gasteiger partial charge in [-0.3, -0.25) is 4.79 Å². The van der Waals surface area contributed by atoms with Crippen LogP contribution in [0.15, 0.2) is 91.1 Å². The van der Waals surface area contributed by atoms with Gasteiger partial charge in [0.25, 0.3) is 0 Å². The van der Waals surface area contributed by atoms with Crippen molar-refractivity contribution in [1.29, 1.82) is 0 Å². The van der Waals surface area contributed by atoms with E-state index in [1.54, 1.807) is 33.1 Å². The Bertz CT molecular complexity index is 1240. The lowest BCUT2D eigenvalue weighted by Crippen LogP contribution is -2.08. The molecule has 0 N–H and O–H groups in total. The average molecular weight is 489 g/mol. The minimum atomic E-state index is -0.469. The monoisotopic (exact) mass is 488 g/mol. The second-order valence-electron chi connectivity index (χ2n) is 7.97. The van der Waals surface area contributed by atoms with Crippen LogP contribution in [0.3, 0.4) is 0 Å². The summed E-state index contributed by atoms with van der Waals surface area (Å²) in [7, 11) is 1.66. The number of fused-ring (bicyclic) bond motifs is 1. The third kappa shape index (κ3) is 9.26. The Morgan fingerprint density at radius 2 is 1.44 bits per heavy atom. The number of aldehydes is 1. The molecule has 0 bridgehead atoms. The summed E-state index contributed by atoms with van der Waals surface area (Å²) in [5.41, 5.74) is 3.70. The second kappa shape index (κ2) is 15.0. The van der Waals surface area contributed by atoms with Crippen molar-refractivity contribution in [2.45, 2.75) is 34.6 Å². The fourth-order valence-corrected chi connectivity index (χ4v) is 2.84. The Kier molecular flexibility index (Phi) is 12.5. The molecule has 0 unspecified atom stereocenters. The van der Waals surface area contributed by atoms with E-state index in [4.69, 9.17) is 14.2 Å². The number of methoxy groups -OCH3 is 1. The first-order valence-electron chi connectivity index (χ1n) is 11.6. The zero-order valence-electron chi connectivity index (χ0n) is 22.1. The molecule has 0 aromatic heterocycles. The number of carbonyl (C=O) groups is 2. The van der Waals surface area contributed by atoms with Crippen LogP contribution in [-0.2, 0) is 9.59 Å². The molecule has 3 aromatic carbocycles. The molecular weight excluding hydrogens is 452 g/mol. The van der Waals surface area contributed by atoms with Crippen molar-refractivity contribution in [3.63, 3.8) is 0 Å². The van der Waals surface area contributed by atoms with E-state index in [1.807, 2.05) is 57.2 Å². The summed E-state index contributed by atoms with van der Waals surface area (Å²) in [6.45, 7) is 20.3. The van der Waals surface area contributed by atoms with Crippen LogP contribution in [-0.4, -0.2) is 26.0 Å². The van der Waals surface area contributed by atoms with E-state index in [0.717, 1.165) is 39.5 Å². The van der Waals surface area contributed by atoms with Gasteiger partial charge in [-0.2, -0.15) is 0 Å². The minimum Gasteiger partial charge on any atom is -0.497 e. The number of carbonyl (C=O) groups excluding carboxylic acids is 2. The number of rotatable bonds is 8. The lowest BCUT2D eigenvalue weighted by atomic mass is 10.00. The smallest absolute Gasteiger partial charge is 0.338 e. The van der Waals surface area contributed by atoms with Crippen molar-refractivity contribution in [1.82, 2.24) is 0 Å². The third-order valence-electron chi connectivity index (χ3n) is 4.55. The molecule has 5 nitrogen and oxygen atoms in total. The summed E-state index contributed by atoms with van der Waals surface area (Å²) in [4.78, 5) is 21.3. The normalized spacial score (nSPS) is 9.50. The number of esters is 1. The van der Waals surface area contributed by atoms with Crippen LogP contribution in [0.25, 0.3) is 21.9 Å². The highest BCUT2D eigenvalue weighted by atomic mass is 16.5. The molecule has 0 fully saturated rings. The highest BCUT2D eigenvalue weighted by molar-refractivity contribution is 5.90. The van der Waals surface area contributed by atoms with Gasteiger partial charge in [0, 0.05) is 17.2 Å². The van der Waals surface area contributed by atoms with Gasteiger partial charge in [-0.05, 0) is 78.6 Å². The summed E-state index contributed by atoms with van der Waals surface area (Å²) in [6.07, 6.45) is 0.722. The highest BCUT2D eigenvalue weighted by Gasteiger charge is 2.12. The second-order valence-corrected chi connectivity index (χ2v) is 7.97. The van der Waals surface area contributed by atoms with Crippen molar-refractivity contribution in [3.8, 4) is 28.4 Å². The molecule has 190 valence electrons. The van der Waals surface area contributed by atoms with Gasteiger partial charge in [-0.15, -0.1) is 0 Å². The summed E-state index contributed by atoms with van der Waals surface area (Å²) in [5.74, 6) is 1.37. The van der Waals surface area contributed by atoms with E-state index >= 15 is 0 Å². The molecular formula is C31H36O5. The van der Waals surface area contributed by atoms with Crippen LogP contribution in [0, 0.1) is 0 Å². The van der Waals surface area contributed by atoms with Crippen LogP contribution >= 0.6 is 0 Å². The number of allylic oxidation sites excluding steroid dienone is 1. The Morgan fingerprint density at radius 3 is 2.00 bits per heavy atom. The van der Waals surface area contributed by atoms with Crippen LogP contribution < -0.4 is 14.2 Å². The molecule has 5 heteroatoms. The number of hydrogen-bond donors (Lipinski definition) is 0. The molecule has 0 saturated carbocycles. The van der Waals surface area contributed by atoms with Crippen molar-refractivity contribution >= 4 is 23.0 Å². The maximum absolute atomic E-state index is 11.9. The van der Waals surface area contributed by atoms with E-state index in [-0.39, 0.29) is 0 Å². The van der Waals surface area contributed by atoms with E-state index < -0.39 is 5.97 Å². The fraction of sp³-hybridized carbons (Fsp3) is 0.226. The number of hydrogen-bond acceptors (Lipinski definition) is 5. The van der Waals surface area contributed by atoms with Crippen LogP contribution in [0.1, 0.15) is 34.6 Å². The Balaban J connectivity index is 0.000000826. The van der Waals surface area contributed by atoms with Crippen LogP contribution in [0.5, 0.6) is 17.2 Å². The van der Waals surface area contributed by atoms with Crippen molar-refractivity contribution < 1.29 is 23.8 Å². The minimum absolute atomic E-state index is 0.337. The molecule has 0 amide bonds. The fourth-order valence-electron chi connectivity index (χ4n) is 2.84. The third-order valence-corrected chi connectivity index (χ3v) is 4.55. The molecule has 0 heterocycles. The molecule has 0 atom stereocenters. The van der Waals surface area contributed by atoms with Crippen LogP contribution in [0.4, 0.5) is 0 Å². The molecule has 0 radical (unpaired) electrons. The zero-order chi connectivity index (χ0) is 27.3. The molecule has 0 saturated heterocycles. The van der Waals surface area contributed by atoms with Gasteiger partial charge < -0.3 is 14.2 Å². The first-order valence-corrected chi connectivity index (χ1v) is 11.6. The van der Waals surface area contributed by atoms with Gasteiger partial charge in [0.05, 0.1) is 7.11 Å². The molecule has 0 aliphatic heterocycles. The molecule has 0 aliphatic rings. The van der Waals surface area contributed by atoms with Crippen LogP contribution in [0.2, 0.25) is 0 Å². The Hall–Kier alpha value is -4.12. The van der Waals surface area contributed by atoms with Crippen molar-refractivity contribution in [3.05, 3.63) is 91.1 Å². The SMILES string of the molecule is C=C(C)C=O.C=C(C)COc1cc(OC(=O)C(=C)C)ccc1-c1ccc2cc(OC)ccc2c1.CC. The molecule has 36 heavy (non-hydrogen) atoms. The molecule has 0 aliphatic carbocycles. The predicted octanol–water partition coefficient (Wildman–Crippen LogP) is 7.74. The maximum atomic E-state index is 11.9. The van der Waals surface area contributed by atoms with Gasteiger partial charge >= 0.3 is 5.97 Å². The van der Waals surface area contributed by atoms with E-state index in [9.17, 15) is 9.59 Å². The average Bonchev–Trinajstić information content (AvgIpc) is 2.88. The van der Waals surface area contributed by atoms with Gasteiger partial charge in [-0.1, -0.05) is 51.8 Å². The van der Waals surface area contributed by atoms with Gasteiger partial charge in [0.2, 0.25) is 0 Å². The highest BCUT2D eigenvalue weighted by Crippen LogP contribution is 2.36. The number of benzene rings is 3. The molecule has 3 aromatic rings. The van der Waals surface area contributed by atoms with Gasteiger partial charge in [-0.25, -0.2) is 4.79 Å². The lowest BCUT2D eigenvalue weighted by molar-refractivity contribution is -0.130. The molecule has 0 spiro atoms. The molecule has 3 rings (SSSR count). The topological polar surface area (TPSA) is 61.8 Å².